The third kappa shape index (κ3) is 5.92. The molecule has 8 nitrogen and oxygen atoms in total. The van der Waals surface area contributed by atoms with Gasteiger partial charge in [-0.05, 0) is 18.6 Å². The van der Waals surface area contributed by atoms with Crippen LogP contribution in [0, 0.1) is 0 Å². The number of hydrogen-bond acceptors (Lipinski definition) is 5. The van der Waals surface area contributed by atoms with E-state index >= 15 is 0 Å². The fraction of sp³-hybridized carbons (Fsp3) is 0.500. The monoisotopic (exact) mass is 382 g/mol. The standard InChI is InChI=1S/C18H23FN2O6/c19-18(12-22)9-14(17(25)26)21(11-18)16(24)10-20-15(23)7-4-8-27-13-5-2-1-3-6-13/h1-3,5-6,14,22H,4,7-12H2,(H,20,23)(H,25,26)/t14-,18+/m0/s1. The number of para-hydroxylation sites is 1. The van der Waals surface area contributed by atoms with Crippen molar-refractivity contribution in [2.45, 2.75) is 31.0 Å². The van der Waals surface area contributed by atoms with E-state index in [0.717, 1.165) is 4.90 Å². The number of nitrogens with one attached hydrogen (secondary N) is 1. The highest BCUT2D eigenvalue weighted by Gasteiger charge is 2.49. The second-order valence-corrected chi connectivity index (χ2v) is 6.43. The van der Waals surface area contributed by atoms with Crippen LogP contribution in [0.3, 0.4) is 0 Å². The maximum Gasteiger partial charge on any atom is 0.326 e. The first-order chi connectivity index (χ1) is 12.8. The minimum absolute atomic E-state index is 0.131. The van der Waals surface area contributed by atoms with Crippen molar-refractivity contribution in [1.29, 1.82) is 0 Å². The van der Waals surface area contributed by atoms with Gasteiger partial charge in [0.2, 0.25) is 11.8 Å². The number of amides is 2. The van der Waals surface area contributed by atoms with Crippen LogP contribution in [0.1, 0.15) is 19.3 Å². The summed E-state index contributed by atoms with van der Waals surface area (Å²) in [6.07, 6.45) is 0.0932. The lowest BCUT2D eigenvalue weighted by atomic mass is 10.0. The van der Waals surface area contributed by atoms with E-state index in [1.54, 1.807) is 12.1 Å². The van der Waals surface area contributed by atoms with E-state index in [0.29, 0.717) is 18.8 Å². The number of carboxylic acids is 1. The first-order valence-corrected chi connectivity index (χ1v) is 8.61. The molecule has 1 aromatic rings. The molecule has 2 atom stereocenters. The zero-order valence-electron chi connectivity index (χ0n) is 14.8. The molecule has 0 aliphatic carbocycles. The number of ether oxygens (including phenoxy) is 1. The van der Waals surface area contributed by atoms with Crippen molar-refractivity contribution in [2.24, 2.45) is 0 Å². The summed E-state index contributed by atoms with van der Waals surface area (Å²) in [6.45, 7) is -1.47. The molecule has 0 aromatic heterocycles. The number of benzene rings is 1. The number of likely N-dealkylation sites (tertiary alicyclic amines) is 1. The van der Waals surface area contributed by atoms with Crippen molar-refractivity contribution in [2.75, 3.05) is 26.3 Å². The zero-order chi connectivity index (χ0) is 19.9. The largest absolute Gasteiger partial charge is 0.494 e. The van der Waals surface area contributed by atoms with Crippen LogP contribution in [-0.2, 0) is 14.4 Å². The maximum atomic E-state index is 14.2. The Hall–Kier alpha value is -2.68. The van der Waals surface area contributed by atoms with E-state index in [4.69, 9.17) is 14.9 Å². The summed E-state index contributed by atoms with van der Waals surface area (Å²) in [7, 11) is 0. The number of aliphatic carboxylic acids is 1. The van der Waals surface area contributed by atoms with Crippen LogP contribution in [-0.4, -0.2) is 70.9 Å². The van der Waals surface area contributed by atoms with E-state index < -0.39 is 49.7 Å². The van der Waals surface area contributed by atoms with E-state index in [1.165, 1.54) is 0 Å². The molecule has 9 heteroatoms. The highest BCUT2D eigenvalue weighted by molar-refractivity contribution is 5.88. The van der Waals surface area contributed by atoms with Crippen LogP contribution in [0.5, 0.6) is 5.75 Å². The Balaban J connectivity index is 1.72. The van der Waals surface area contributed by atoms with Gasteiger partial charge in [-0.15, -0.1) is 0 Å². The van der Waals surface area contributed by atoms with Crippen LogP contribution < -0.4 is 10.1 Å². The first kappa shape index (κ1) is 20.6. The van der Waals surface area contributed by atoms with Gasteiger partial charge in [0, 0.05) is 12.8 Å². The topological polar surface area (TPSA) is 116 Å². The number of nitrogens with zero attached hydrogens (tertiary/aromatic N) is 1. The van der Waals surface area contributed by atoms with Crippen molar-refractivity contribution in [3.05, 3.63) is 30.3 Å². The number of aliphatic hydroxyl groups excluding tert-OH is 1. The summed E-state index contributed by atoms with van der Waals surface area (Å²) in [6, 6.07) is 7.76. The number of carbonyl (C=O) groups is 3. The van der Waals surface area contributed by atoms with Gasteiger partial charge in [0.15, 0.2) is 5.67 Å². The molecule has 3 N–H and O–H groups in total. The SMILES string of the molecule is O=C(CCCOc1ccccc1)NCC(=O)N1C[C@@](F)(CO)C[C@H]1C(=O)O. The average molecular weight is 382 g/mol. The highest BCUT2D eigenvalue weighted by Crippen LogP contribution is 2.30. The van der Waals surface area contributed by atoms with Crippen molar-refractivity contribution in [3.63, 3.8) is 0 Å². The highest BCUT2D eigenvalue weighted by atomic mass is 19.1. The van der Waals surface area contributed by atoms with E-state index in [9.17, 15) is 18.8 Å². The van der Waals surface area contributed by atoms with Crippen LogP contribution in [0.15, 0.2) is 30.3 Å². The Morgan fingerprint density at radius 2 is 2.00 bits per heavy atom. The average Bonchev–Trinajstić information content (AvgIpc) is 3.03. The molecule has 27 heavy (non-hydrogen) atoms. The molecule has 148 valence electrons. The van der Waals surface area contributed by atoms with Crippen LogP contribution >= 0.6 is 0 Å². The normalized spacial score (nSPS) is 21.7. The van der Waals surface area contributed by atoms with Crippen molar-refractivity contribution >= 4 is 17.8 Å². The van der Waals surface area contributed by atoms with Gasteiger partial charge in [-0.3, -0.25) is 9.59 Å². The van der Waals surface area contributed by atoms with Gasteiger partial charge < -0.3 is 25.2 Å². The summed E-state index contributed by atoms with van der Waals surface area (Å²) in [5, 5.41) is 20.6. The van der Waals surface area contributed by atoms with Gasteiger partial charge in [0.25, 0.3) is 0 Å². The van der Waals surface area contributed by atoms with Crippen molar-refractivity contribution < 1.29 is 33.7 Å². The van der Waals surface area contributed by atoms with E-state index in [-0.39, 0.29) is 12.3 Å². The number of rotatable bonds is 9. The molecule has 1 aromatic carbocycles. The third-order valence-electron chi connectivity index (χ3n) is 4.27. The van der Waals surface area contributed by atoms with Gasteiger partial charge in [-0.25, -0.2) is 9.18 Å². The second-order valence-electron chi connectivity index (χ2n) is 6.43. The smallest absolute Gasteiger partial charge is 0.326 e. The molecule has 1 aliphatic rings. The molecule has 2 amide bonds. The summed E-state index contributed by atoms with van der Waals surface area (Å²) < 4.78 is 19.7. The lowest BCUT2D eigenvalue weighted by Gasteiger charge is -2.21. The van der Waals surface area contributed by atoms with Gasteiger partial charge in [0.05, 0.1) is 26.3 Å². The minimum atomic E-state index is -2.14. The Labute approximate surface area is 155 Å². The Morgan fingerprint density at radius 1 is 1.30 bits per heavy atom. The Morgan fingerprint density at radius 3 is 2.63 bits per heavy atom. The number of carboxylic acid groups (broad SMARTS) is 1. The molecule has 0 bridgehead atoms. The molecule has 1 heterocycles. The van der Waals surface area contributed by atoms with Crippen LogP contribution in [0.25, 0.3) is 0 Å². The molecule has 0 spiro atoms. The molecule has 1 aliphatic heterocycles. The molecule has 0 unspecified atom stereocenters. The van der Waals surface area contributed by atoms with E-state index in [2.05, 4.69) is 5.32 Å². The molecular weight excluding hydrogens is 359 g/mol. The van der Waals surface area contributed by atoms with Crippen LogP contribution in [0.2, 0.25) is 0 Å². The molecular formula is C18H23FN2O6. The third-order valence-corrected chi connectivity index (χ3v) is 4.27. The van der Waals surface area contributed by atoms with Gasteiger partial charge in [-0.1, -0.05) is 18.2 Å². The molecule has 0 radical (unpaired) electrons. The first-order valence-electron chi connectivity index (χ1n) is 8.61. The maximum absolute atomic E-state index is 14.2. The molecule has 1 saturated heterocycles. The zero-order valence-corrected chi connectivity index (χ0v) is 14.8. The number of aliphatic hydroxyl groups is 1. The summed E-state index contributed by atoms with van der Waals surface area (Å²) >= 11 is 0. The van der Waals surface area contributed by atoms with Gasteiger partial charge in [0.1, 0.15) is 11.8 Å². The summed E-state index contributed by atoms with van der Waals surface area (Å²) in [5.74, 6) is -1.75. The number of hydrogen-bond donors (Lipinski definition) is 3. The fourth-order valence-electron chi connectivity index (χ4n) is 2.84. The van der Waals surface area contributed by atoms with Crippen molar-refractivity contribution in [1.82, 2.24) is 10.2 Å². The Kier molecular flexibility index (Phi) is 7.12. The quantitative estimate of drug-likeness (QED) is 0.531. The lowest BCUT2D eigenvalue weighted by molar-refractivity contribution is -0.148. The predicted octanol–water partition coefficient (Wildman–Crippen LogP) is 0.348. The van der Waals surface area contributed by atoms with Crippen LogP contribution in [0.4, 0.5) is 4.39 Å². The second kappa shape index (κ2) is 9.31. The summed E-state index contributed by atoms with van der Waals surface area (Å²) in [4.78, 5) is 36.0. The predicted molar refractivity (Wildman–Crippen MR) is 92.9 cm³/mol. The molecule has 0 saturated carbocycles. The molecule has 1 fully saturated rings. The lowest BCUT2D eigenvalue weighted by Crippen LogP contribution is -2.46. The number of carbonyl (C=O) groups excluding carboxylic acids is 2. The van der Waals surface area contributed by atoms with Gasteiger partial charge in [-0.2, -0.15) is 0 Å². The number of alkyl halides is 1. The summed E-state index contributed by atoms with van der Waals surface area (Å²) in [5.41, 5.74) is -2.14. The fourth-order valence-corrected chi connectivity index (χ4v) is 2.84. The molecule has 2 rings (SSSR count). The van der Waals surface area contributed by atoms with Crippen molar-refractivity contribution in [3.8, 4) is 5.75 Å². The Bertz CT molecular complexity index is 671. The van der Waals surface area contributed by atoms with E-state index in [1.807, 2.05) is 18.2 Å². The number of halogens is 1. The minimum Gasteiger partial charge on any atom is -0.494 e. The van der Waals surface area contributed by atoms with Gasteiger partial charge >= 0.3 is 5.97 Å².